The Bertz CT molecular complexity index is 1320. The van der Waals surface area contributed by atoms with E-state index in [9.17, 15) is 9.18 Å². The molecule has 1 heterocycles. The van der Waals surface area contributed by atoms with E-state index in [-0.39, 0.29) is 30.3 Å². The number of anilines is 1. The van der Waals surface area contributed by atoms with Crippen LogP contribution in [0.4, 0.5) is 10.1 Å². The van der Waals surface area contributed by atoms with Gasteiger partial charge in [0.2, 0.25) is 5.91 Å². The first kappa shape index (κ1) is 23.5. The van der Waals surface area contributed by atoms with Gasteiger partial charge in [0, 0.05) is 22.8 Å². The number of hydrogen-bond acceptors (Lipinski definition) is 5. The number of nitriles is 1. The number of carbonyl (C=O) groups is 1. The molecule has 0 saturated heterocycles. The van der Waals surface area contributed by atoms with E-state index in [2.05, 4.69) is 10.2 Å². The van der Waals surface area contributed by atoms with E-state index in [0.717, 1.165) is 11.3 Å². The van der Waals surface area contributed by atoms with E-state index in [0.29, 0.717) is 16.0 Å². The molecule has 0 radical (unpaired) electrons. The van der Waals surface area contributed by atoms with E-state index < -0.39 is 5.82 Å². The molecule has 0 spiro atoms. The fourth-order valence-electron chi connectivity index (χ4n) is 3.38. The van der Waals surface area contributed by atoms with Gasteiger partial charge >= 0.3 is 0 Å². The predicted octanol–water partition coefficient (Wildman–Crippen LogP) is 5.77. The van der Waals surface area contributed by atoms with Crippen LogP contribution in [0, 0.1) is 17.1 Å². The quantitative estimate of drug-likeness (QED) is 0.293. The molecular weight excluding hydrogens is 473 g/mol. The fraction of sp³-hybridized carbons (Fsp3) is 0.120. The summed E-state index contributed by atoms with van der Waals surface area (Å²) in [6, 6.07) is 24.9. The van der Waals surface area contributed by atoms with Gasteiger partial charge in [-0.05, 0) is 48.5 Å². The molecule has 0 unspecified atom stereocenters. The van der Waals surface area contributed by atoms with Crippen LogP contribution in [0.2, 0.25) is 5.02 Å². The Kier molecular flexibility index (Phi) is 7.58. The zero-order valence-electron chi connectivity index (χ0n) is 17.9. The van der Waals surface area contributed by atoms with Gasteiger partial charge < -0.3 is 4.90 Å². The number of para-hydroxylation sites is 2. The van der Waals surface area contributed by atoms with Crippen molar-refractivity contribution in [2.24, 2.45) is 0 Å². The Morgan fingerprint density at radius 3 is 2.44 bits per heavy atom. The van der Waals surface area contributed by atoms with Crippen LogP contribution in [0.15, 0.2) is 84.0 Å². The van der Waals surface area contributed by atoms with Crippen LogP contribution in [0.1, 0.15) is 6.42 Å². The highest BCUT2D eigenvalue weighted by Crippen LogP contribution is 2.29. The lowest BCUT2D eigenvalue weighted by atomic mass is 10.2. The predicted molar refractivity (Wildman–Crippen MR) is 132 cm³/mol. The normalized spacial score (nSPS) is 10.6. The molecule has 6 nitrogen and oxygen atoms in total. The average Bonchev–Trinajstić information content (AvgIpc) is 3.29. The van der Waals surface area contributed by atoms with Gasteiger partial charge in [-0.15, -0.1) is 10.2 Å². The number of thioether (sulfide) groups is 1. The molecule has 170 valence electrons. The second kappa shape index (κ2) is 11.0. The summed E-state index contributed by atoms with van der Waals surface area (Å²) in [6.45, 7) is 0.0955. The molecule has 0 aliphatic rings. The number of carbonyl (C=O) groups excluding carboxylic acids is 1. The van der Waals surface area contributed by atoms with Gasteiger partial charge in [-0.25, -0.2) is 4.39 Å². The van der Waals surface area contributed by atoms with Crippen molar-refractivity contribution in [1.29, 1.82) is 5.26 Å². The molecule has 0 fully saturated rings. The molecule has 9 heteroatoms. The standard InChI is InChI=1S/C25H19ClFN5OS/c26-19-13-11-18(12-14-19)24-29-30-25(32(24)20-7-2-1-3-8-20)34-17-23(33)31(16-6-15-28)22-10-5-4-9-21(22)27/h1-5,7-14H,6,16-17H2. The monoisotopic (exact) mass is 491 g/mol. The number of amides is 1. The molecule has 4 aromatic rings. The third-order valence-electron chi connectivity index (χ3n) is 4.97. The highest BCUT2D eigenvalue weighted by atomic mass is 35.5. The first-order chi connectivity index (χ1) is 16.6. The van der Waals surface area contributed by atoms with Crippen LogP contribution in [0.5, 0.6) is 0 Å². The highest BCUT2D eigenvalue weighted by Gasteiger charge is 2.22. The fourth-order valence-corrected chi connectivity index (χ4v) is 4.33. The number of benzene rings is 3. The van der Waals surface area contributed by atoms with E-state index in [1.165, 1.54) is 28.8 Å². The Morgan fingerprint density at radius 2 is 1.74 bits per heavy atom. The molecule has 4 rings (SSSR count). The van der Waals surface area contributed by atoms with Crippen molar-refractivity contribution in [2.45, 2.75) is 11.6 Å². The summed E-state index contributed by atoms with van der Waals surface area (Å²) < 4.78 is 16.2. The zero-order chi connectivity index (χ0) is 23.9. The van der Waals surface area contributed by atoms with E-state index >= 15 is 0 Å². The van der Waals surface area contributed by atoms with E-state index in [1.807, 2.05) is 53.1 Å². The van der Waals surface area contributed by atoms with Gasteiger partial charge in [0.15, 0.2) is 11.0 Å². The van der Waals surface area contributed by atoms with Crippen LogP contribution in [-0.2, 0) is 4.79 Å². The van der Waals surface area contributed by atoms with Crippen molar-refractivity contribution in [2.75, 3.05) is 17.2 Å². The Hall–Kier alpha value is -3.67. The summed E-state index contributed by atoms with van der Waals surface area (Å²) >= 11 is 7.23. The van der Waals surface area contributed by atoms with Gasteiger partial charge in [-0.2, -0.15) is 5.26 Å². The third kappa shape index (κ3) is 5.28. The van der Waals surface area contributed by atoms with Crippen molar-refractivity contribution in [3.63, 3.8) is 0 Å². The molecule has 0 atom stereocenters. The molecule has 0 aliphatic heterocycles. The molecular formula is C25H19ClFN5OS. The van der Waals surface area contributed by atoms with Crippen LogP contribution < -0.4 is 4.90 Å². The van der Waals surface area contributed by atoms with Crippen molar-refractivity contribution in [3.05, 3.63) is 89.7 Å². The van der Waals surface area contributed by atoms with Gasteiger partial charge in [-0.3, -0.25) is 9.36 Å². The molecule has 0 saturated carbocycles. The molecule has 0 bridgehead atoms. The lowest BCUT2D eigenvalue weighted by Gasteiger charge is -2.22. The lowest BCUT2D eigenvalue weighted by Crippen LogP contribution is -2.34. The van der Waals surface area contributed by atoms with Crippen molar-refractivity contribution in [1.82, 2.24) is 14.8 Å². The summed E-state index contributed by atoms with van der Waals surface area (Å²) in [5.41, 5.74) is 1.80. The van der Waals surface area contributed by atoms with Gasteiger partial charge in [0.05, 0.1) is 23.9 Å². The molecule has 1 aromatic heterocycles. The summed E-state index contributed by atoms with van der Waals surface area (Å²) in [5.74, 6) is -0.253. The average molecular weight is 492 g/mol. The zero-order valence-corrected chi connectivity index (χ0v) is 19.5. The van der Waals surface area contributed by atoms with Crippen molar-refractivity contribution >= 4 is 35.0 Å². The summed E-state index contributed by atoms with van der Waals surface area (Å²) in [6.07, 6.45) is 0.0889. The Balaban J connectivity index is 1.63. The molecule has 3 aromatic carbocycles. The third-order valence-corrected chi connectivity index (χ3v) is 6.13. The first-order valence-electron chi connectivity index (χ1n) is 10.4. The largest absolute Gasteiger partial charge is 0.308 e. The molecule has 34 heavy (non-hydrogen) atoms. The second-order valence-corrected chi connectivity index (χ2v) is 8.56. The van der Waals surface area contributed by atoms with Crippen LogP contribution >= 0.6 is 23.4 Å². The number of aromatic nitrogens is 3. The van der Waals surface area contributed by atoms with E-state index in [1.54, 1.807) is 24.3 Å². The molecule has 1 amide bonds. The molecule has 0 aliphatic carbocycles. The van der Waals surface area contributed by atoms with Crippen LogP contribution in [-0.4, -0.2) is 33.0 Å². The first-order valence-corrected chi connectivity index (χ1v) is 11.8. The topological polar surface area (TPSA) is 74.8 Å². The number of hydrogen-bond donors (Lipinski definition) is 0. The minimum Gasteiger partial charge on any atom is -0.308 e. The summed E-state index contributed by atoms with van der Waals surface area (Å²) in [4.78, 5) is 14.4. The Morgan fingerprint density at radius 1 is 1.03 bits per heavy atom. The van der Waals surface area contributed by atoms with Crippen molar-refractivity contribution < 1.29 is 9.18 Å². The number of rotatable bonds is 8. The minimum absolute atomic E-state index is 0.00858. The number of halogens is 2. The van der Waals surface area contributed by atoms with Gasteiger partial charge in [-0.1, -0.05) is 53.7 Å². The SMILES string of the molecule is N#CCCN(C(=O)CSc1nnc(-c2ccc(Cl)cc2)n1-c1ccccc1)c1ccccc1F. The van der Waals surface area contributed by atoms with Crippen LogP contribution in [0.3, 0.4) is 0 Å². The summed E-state index contributed by atoms with van der Waals surface area (Å²) in [5, 5.41) is 18.8. The van der Waals surface area contributed by atoms with E-state index in [4.69, 9.17) is 16.9 Å². The molecule has 0 N–H and O–H groups in total. The number of nitrogens with zero attached hydrogens (tertiary/aromatic N) is 5. The van der Waals surface area contributed by atoms with Gasteiger partial charge in [0.25, 0.3) is 0 Å². The van der Waals surface area contributed by atoms with Crippen molar-refractivity contribution in [3.8, 4) is 23.1 Å². The maximum absolute atomic E-state index is 14.4. The maximum atomic E-state index is 14.4. The minimum atomic E-state index is -0.517. The maximum Gasteiger partial charge on any atom is 0.237 e. The lowest BCUT2D eigenvalue weighted by molar-refractivity contribution is -0.116. The highest BCUT2D eigenvalue weighted by molar-refractivity contribution is 7.99. The summed E-state index contributed by atoms with van der Waals surface area (Å²) in [7, 11) is 0. The second-order valence-electron chi connectivity index (χ2n) is 7.18. The smallest absolute Gasteiger partial charge is 0.237 e. The van der Waals surface area contributed by atoms with Gasteiger partial charge in [0.1, 0.15) is 5.82 Å². The Labute approximate surface area is 205 Å². The van der Waals surface area contributed by atoms with Crippen LogP contribution in [0.25, 0.3) is 17.1 Å².